The minimum Gasteiger partial charge on any atom is -0.463 e. The first-order chi connectivity index (χ1) is 18.0. The molecule has 3 heterocycles. The second-order valence-corrected chi connectivity index (χ2v) is 9.84. The number of anilines is 2. The molecular weight excluding hydrogens is 466 g/mol. The number of piperidine rings is 1. The van der Waals surface area contributed by atoms with Crippen molar-refractivity contribution in [3.63, 3.8) is 0 Å². The number of aromatic amines is 1. The van der Waals surface area contributed by atoms with Crippen LogP contribution in [0.2, 0.25) is 0 Å². The van der Waals surface area contributed by atoms with Crippen LogP contribution in [-0.2, 0) is 13.1 Å². The first-order valence-corrected chi connectivity index (χ1v) is 13.0. The number of nitrogen functional groups attached to an aromatic ring is 2. The summed E-state index contributed by atoms with van der Waals surface area (Å²) in [4.78, 5) is 26.6. The Morgan fingerprint density at radius 3 is 2.32 bits per heavy atom. The Morgan fingerprint density at radius 1 is 0.973 bits per heavy atom. The van der Waals surface area contributed by atoms with Gasteiger partial charge >= 0.3 is 11.7 Å². The molecule has 1 aliphatic rings. The molecule has 0 unspecified atom stereocenters. The first-order valence-electron chi connectivity index (χ1n) is 13.0. The van der Waals surface area contributed by atoms with E-state index in [0.717, 1.165) is 56.6 Å². The number of hydrogen-bond donors (Lipinski definition) is 3. The van der Waals surface area contributed by atoms with Crippen molar-refractivity contribution in [2.75, 3.05) is 31.2 Å². The fraction of sp³-hybridized carbons (Fsp3) is 0.393. The van der Waals surface area contributed by atoms with Gasteiger partial charge in [0, 0.05) is 12.2 Å². The number of fused-ring (bicyclic) bond motifs is 1. The lowest BCUT2D eigenvalue weighted by atomic mass is 9.89. The molecule has 5 N–H and O–H groups in total. The highest BCUT2D eigenvalue weighted by Crippen LogP contribution is 2.29. The number of benzene rings is 2. The Balaban J connectivity index is 1.22. The lowest BCUT2D eigenvalue weighted by molar-refractivity contribution is 0.204. The highest BCUT2D eigenvalue weighted by atomic mass is 16.5. The van der Waals surface area contributed by atoms with Gasteiger partial charge in [-0.15, -0.1) is 0 Å². The molecule has 2 aromatic heterocycles. The van der Waals surface area contributed by atoms with Crippen molar-refractivity contribution in [2.24, 2.45) is 0 Å². The highest BCUT2D eigenvalue weighted by molar-refractivity contribution is 5.81. The largest absolute Gasteiger partial charge is 0.463 e. The molecule has 9 nitrogen and oxygen atoms in total. The van der Waals surface area contributed by atoms with Crippen molar-refractivity contribution in [1.29, 1.82) is 0 Å². The molecule has 0 radical (unpaired) electrons. The maximum atomic E-state index is 12.7. The van der Waals surface area contributed by atoms with Crippen LogP contribution < -0.4 is 21.9 Å². The zero-order valence-corrected chi connectivity index (χ0v) is 21.3. The van der Waals surface area contributed by atoms with Gasteiger partial charge in [0.05, 0.1) is 13.2 Å². The fourth-order valence-electron chi connectivity index (χ4n) is 4.93. The second-order valence-electron chi connectivity index (χ2n) is 9.84. The summed E-state index contributed by atoms with van der Waals surface area (Å²) in [5.74, 6) is 0.812. The van der Waals surface area contributed by atoms with Gasteiger partial charge in [0.25, 0.3) is 0 Å². The van der Waals surface area contributed by atoms with Gasteiger partial charge in [-0.3, -0.25) is 9.47 Å². The summed E-state index contributed by atoms with van der Waals surface area (Å²) < 4.78 is 7.21. The van der Waals surface area contributed by atoms with E-state index in [2.05, 4.69) is 63.2 Å². The number of rotatable bonds is 9. The van der Waals surface area contributed by atoms with E-state index in [1.807, 2.05) is 12.1 Å². The third-order valence-electron chi connectivity index (χ3n) is 7.12. The summed E-state index contributed by atoms with van der Waals surface area (Å²) in [6.45, 7) is 6.05. The Labute approximate surface area is 216 Å². The molecule has 0 amide bonds. The number of aromatic nitrogens is 4. The Hall–Kier alpha value is -3.85. The molecule has 1 aliphatic heterocycles. The second kappa shape index (κ2) is 11.0. The summed E-state index contributed by atoms with van der Waals surface area (Å²) in [6, 6.07) is 16.9. The molecule has 5 rings (SSSR count). The van der Waals surface area contributed by atoms with E-state index in [1.165, 1.54) is 11.1 Å². The molecule has 4 aromatic rings. The number of likely N-dealkylation sites (tertiary alicyclic amines) is 1. The summed E-state index contributed by atoms with van der Waals surface area (Å²) in [5.41, 5.74) is 17.0. The lowest BCUT2D eigenvalue weighted by Crippen LogP contribution is -2.32. The third kappa shape index (κ3) is 5.77. The molecule has 0 bridgehead atoms. The maximum Gasteiger partial charge on any atom is 0.328 e. The zero-order valence-electron chi connectivity index (χ0n) is 21.3. The van der Waals surface area contributed by atoms with Gasteiger partial charge in [0.15, 0.2) is 11.5 Å². The highest BCUT2D eigenvalue weighted by Gasteiger charge is 2.21. The van der Waals surface area contributed by atoms with Gasteiger partial charge in [-0.25, -0.2) is 4.79 Å². The normalized spacial score (nSPS) is 14.8. The number of unbranched alkanes of at least 4 members (excludes halogenated alkanes) is 1. The predicted molar refractivity (Wildman–Crippen MR) is 147 cm³/mol. The molecule has 0 atom stereocenters. The van der Waals surface area contributed by atoms with Crippen molar-refractivity contribution >= 4 is 22.7 Å². The predicted octanol–water partition coefficient (Wildman–Crippen LogP) is 3.89. The van der Waals surface area contributed by atoms with Gasteiger partial charge in [0.2, 0.25) is 0 Å². The molecule has 2 aromatic carbocycles. The molecule has 1 saturated heterocycles. The van der Waals surface area contributed by atoms with E-state index in [4.69, 9.17) is 16.2 Å². The van der Waals surface area contributed by atoms with Crippen LogP contribution >= 0.6 is 0 Å². The topological polar surface area (TPSA) is 128 Å². The lowest BCUT2D eigenvalue weighted by Gasteiger charge is -2.32. The zero-order chi connectivity index (χ0) is 25.8. The monoisotopic (exact) mass is 501 g/mol. The fourth-order valence-corrected chi connectivity index (χ4v) is 4.93. The average molecular weight is 502 g/mol. The number of H-pyrrole nitrogens is 1. The van der Waals surface area contributed by atoms with E-state index in [-0.39, 0.29) is 17.5 Å². The van der Waals surface area contributed by atoms with Gasteiger partial charge in [-0.2, -0.15) is 9.97 Å². The standard InChI is InChI=1S/C28H35N7O2/c1-2-3-16-37-27-32-25(30)24-26(33-27)35(28(36)31-24)18-20-6-4-19(5-7-20)17-34-14-12-22(13-15-34)21-8-10-23(29)11-9-21/h4-11,22H,2-3,12-18,29H2,1H3,(H,31,36)(H2,30,32,33). The first kappa shape index (κ1) is 24.8. The van der Waals surface area contributed by atoms with Gasteiger partial charge < -0.3 is 21.2 Å². The Kier molecular flexibility index (Phi) is 7.41. The molecule has 1 fully saturated rings. The van der Waals surface area contributed by atoms with Gasteiger partial charge in [-0.1, -0.05) is 49.7 Å². The number of hydrogen-bond acceptors (Lipinski definition) is 7. The van der Waals surface area contributed by atoms with Crippen LogP contribution in [0.25, 0.3) is 11.2 Å². The number of nitrogens with zero attached hydrogens (tertiary/aromatic N) is 4. The minimum atomic E-state index is -0.269. The molecular formula is C28H35N7O2. The number of nitrogens with two attached hydrogens (primary N) is 2. The van der Waals surface area contributed by atoms with E-state index >= 15 is 0 Å². The summed E-state index contributed by atoms with van der Waals surface area (Å²) in [6.07, 6.45) is 4.21. The average Bonchev–Trinajstić information content (AvgIpc) is 3.22. The van der Waals surface area contributed by atoms with Crippen LogP contribution in [-0.4, -0.2) is 44.1 Å². The Morgan fingerprint density at radius 2 is 1.65 bits per heavy atom. The summed E-state index contributed by atoms with van der Waals surface area (Å²) in [7, 11) is 0. The SMILES string of the molecule is CCCCOc1nc(N)c2[nH]c(=O)n(Cc3ccc(CN4CCC(c5ccc(N)cc5)CC4)cc3)c2n1. The number of imidazole rings is 1. The van der Waals surface area contributed by atoms with Crippen LogP contribution in [0, 0.1) is 0 Å². The van der Waals surface area contributed by atoms with Crippen molar-refractivity contribution in [1.82, 2.24) is 24.4 Å². The van der Waals surface area contributed by atoms with Crippen LogP contribution in [0.1, 0.15) is 55.2 Å². The van der Waals surface area contributed by atoms with Crippen molar-refractivity contribution < 1.29 is 4.74 Å². The summed E-state index contributed by atoms with van der Waals surface area (Å²) >= 11 is 0. The molecule has 0 aliphatic carbocycles. The van der Waals surface area contributed by atoms with Crippen LogP contribution in [0.4, 0.5) is 11.5 Å². The summed E-state index contributed by atoms with van der Waals surface area (Å²) in [5, 5.41) is 0. The van der Waals surface area contributed by atoms with Crippen molar-refractivity contribution in [3.05, 3.63) is 75.7 Å². The Bertz CT molecular complexity index is 1390. The maximum absolute atomic E-state index is 12.7. The molecule has 0 spiro atoms. The molecule has 194 valence electrons. The van der Waals surface area contributed by atoms with Crippen LogP contribution in [0.15, 0.2) is 53.3 Å². The van der Waals surface area contributed by atoms with Crippen molar-refractivity contribution in [2.45, 2.75) is 51.6 Å². The number of ether oxygens (including phenoxy) is 1. The van der Waals surface area contributed by atoms with E-state index < -0.39 is 0 Å². The van der Waals surface area contributed by atoms with Crippen molar-refractivity contribution in [3.8, 4) is 6.01 Å². The van der Waals surface area contributed by atoms with E-state index in [9.17, 15) is 4.79 Å². The van der Waals surface area contributed by atoms with Crippen LogP contribution in [0.5, 0.6) is 6.01 Å². The smallest absolute Gasteiger partial charge is 0.328 e. The van der Waals surface area contributed by atoms with Crippen LogP contribution in [0.3, 0.4) is 0 Å². The minimum absolute atomic E-state index is 0.196. The van der Waals surface area contributed by atoms with Gasteiger partial charge in [-0.05, 0) is 67.1 Å². The third-order valence-corrected chi connectivity index (χ3v) is 7.12. The quantitative estimate of drug-likeness (QED) is 0.234. The van der Waals surface area contributed by atoms with E-state index in [1.54, 1.807) is 4.57 Å². The van der Waals surface area contributed by atoms with E-state index in [0.29, 0.717) is 30.2 Å². The van der Waals surface area contributed by atoms with Gasteiger partial charge in [0.1, 0.15) is 5.52 Å². The molecule has 37 heavy (non-hydrogen) atoms. The molecule has 9 heteroatoms. The molecule has 0 saturated carbocycles. The number of nitrogens with one attached hydrogen (secondary N) is 1.